The second kappa shape index (κ2) is 9.72. The van der Waals surface area contributed by atoms with Gasteiger partial charge in [0.25, 0.3) is 0 Å². The van der Waals surface area contributed by atoms with E-state index in [9.17, 15) is 13.2 Å². The van der Waals surface area contributed by atoms with Gasteiger partial charge in [0.2, 0.25) is 0 Å². The van der Waals surface area contributed by atoms with Gasteiger partial charge in [-0.05, 0) is 80.0 Å². The molecule has 190 valence electrons. The molecule has 3 heterocycles. The van der Waals surface area contributed by atoms with Crippen LogP contribution in [-0.4, -0.2) is 39.1 Å². The molecule has 0 N–H and O–H groups in total. The highest BCUT2D eigenvalue weighted by Crippen LogP contribution is 2.47. The SMILES string of the molecule is CN(Cc1ccncc1)Cc1ccc(N2C(=S)N(c3cnc(C#N)c(C(F)(F)F)c3)CC23CCC3)cc1. The molecule has 1 spiro atoms. The Morgan fingerprint density at radius 2 is 1.70 bits per heavy atom. The molecule has 0 amide bonds. The molecule has 0 atom stereocenters. The van der Waals surface area contributed by atoms with Crippen molar-refractivity contribution in [2.24, 2.45) is 0 Å². The zero-order chi connectivity index (χ0) is 26.2. The minimum absolute atomic E-state index is 0.249. The molecule has 6 nitrogen and oxygen atoms in total. The average Bonchev–Trinajstić information content (AvgIpc) is 3.18. The minimum atomic E-state index is -4.68. The molecule has 2 aromatic heterocycles. The molecule has 0 bridgehead atoms. The zero-order valence-corrected chi connectivity index (χ0v) is 21.1. The number of nitrogens with zero attached hydrogens (tertiary/aromatic N) is 6. The Kier molecular flexibility index (Phi) is 6.60. The van der Waals surface area contributed by atoms with Crippen LogP contribution < -0.4 is 9.80 Å². The molecule has 0 radical (unpaired) electrons. The first-order valence-corrected chi connectivity index (χ1v) is 12.4. The number of pyridine rings is 2. The molecule has 2 aliphatic rings. The monoisotopic (exact) mass is 522 g/mol. The maximum Gasteiger partial charge on any atom is 0.419 e. The Morgan fingerprint density at radius 3 is 2.27 bits per heavy atom. The number of aromatic nitrogens is 2. The highest BCUT2D eigenvalue weighted by molar-refractivity contribution is 7.80. The quantitative estimate of drug-likeness (QED) is 0.395. The highest BCUT2D eigenvalue weighted by atomic mass is 32.1. The third-order valence-electron chi connectivity index (χ3n) is 7.08. The van der Waals surface area contributed by atoms with E-state index in [0.717, 1.165) is 49.7 Å². The number of rotatable bonds is 6. The van der Waals surface area contributed by atoms with E-state index in [4.69, 9.17) is 17.5 Å². The summed E-state index contributed by atoms with van der Waals surface area (Å²) in [5.74, 6) is 0. The van der Waals surface area contributed by atoms with Crippen LogP contribution in [0.15, 0.2) is 61.1 Å². The van der Waals surface area contributed by atoms with Crippen LogP contribution in [0.3, 0.4) is 0 Å². The lowest BCUT2D eigenvalue weighted by Gasteiger charge is -2.45. The van der Waals surface area contributed by atoms with Crippen molar-refractivity contribution < 1.29 is 13.2 Å². The van der Waals surface area contributed by atoms with Crippen molar-refractivity contribution >= 4 is 28.7 Å². The molecule has 1 saturated heterocycles. The van der Waals surface area contributed by atoms with Crippen molar-refractivity contribution in [3.63, 3.8) is 0 Å². The Balaban J connectivity index is 1.37. The average molecular weight is 523 g/mol. The fourth-order valence-corrected chi connectivity index (χ4v) is 5.60. The third-order valence-corrected chi connectivity index (χ3v) is 7.48. The Labute approximate surface area is 219 Å². The van der Waals surface area contributed by atoms with Crippen molar-refractivity contribution in [2.45, 2.75) is 44.1 Å². The van der Waals surface area contributed by atoms with Crippen molar-refractivity contribution in [1.82, 2.24) is 14.9 Å². The molecule has 1 aliphatic heterocycles. The predicted octanol–water partition coefficient (Wildman–Crippen LogP) is 5.53. The fraction of sp³-hybridized carbons (Fsp3) is 0.333. The van der Waals surface area contributed by atoms with E-state index in [1.165, 1.54) is 17.8 Å². The van der Waals surface area contributed by atoms with E-state index < -0.39 is 17.4 Å². The van der Waals surface area contributed by atoms with E-state index in [0.29, 0.717) is 11.7 Å². The summed E-state index contributed by atoms with van der Waals surface area (Å²) >= 11 is 5.81. The smallest absolute Gasteiger partial charge is 0.315 e. The summed E-state index contributed by atoms with van der Waals surface area (Å²) in [5, 5.41) is 9.54. The van der Waals surface area contributed by atoms with Crippen molar-refractivity contribution in [3.05, 3.63) is 83.4 Å². The van der Waals surface area contributed by atoms with Crippen LogP contribution in [-0.2, 0) is 19.3 Å². The van der Waals surface area contributed by atoms with Crippen molar-refractivity contribution in [1.29, 1.82) is 5.26 Å². The van der Waals surface area contributed by atoms with Gasteiger partial charge in [-0.2, -0.15) is 18.4 Å². The van der Waals surface area contributed by atoms with Crippen molar-refractivity contribution in [2.75, 3.05) is 23.4 Å². The van der Waals surface area contributed by atoms with Crippen LogP contribution in [0.25, 0.3) is 0 Å². The lowest BCUT2D eigenvalue weighted by molar-refractivity contribution is -0.138. The molecule has 1 aliphatic carbocycles. The first-order valence-electron chi connectivity index (χ1n) is 12.0. The fourth-order valence-electron chi connectivity index (χ4n) is 5.13. The summed E-state index contributed by atoms with van der Waals surface area (Å²) in [6, 6.07) is 14.7. The molecular weight excluding hydrogens is 497 g/mol. The van der Waals surface area contributed by atoms with Crippen LogP contribution in [0.5, 0.6) is 0 Å². The van der Waals surface area contributed by atoms with Crippen LogP contribution in [0.2, 0.25) is 0 Å². The maximum absolute atomic E-state index is 13.6. The minimum Gasteiger partial charge on any atom is -0.315 e. The molecule has 37 heavy (non-hydrogen) atoms. The summed E-state index contributed by atoms with van der Waals surface area (Å²) in [6.45, 7) is 2.05. The molecule has 10 heteroatoms. The maximum atomic E-state index is 13.6. The van der Waals surface area contributed by atoms with Gasteiger partial charge in [-0.3, -0.25) is 9.88 Å². The van der Waals surface area contributed by atoms with E-state index in [1.54, 1.807) is 17.3 Å². The molecule has 5 rings (SSSR count). The highest BCUT2D eigenvalue weighted by Gasteiger charge is 2.52. The Morgan fingerprint density at radius 1 is 1.05 bits per heavy atom. The van der Waals surface area contributed by atoms with Crippen molar-refractivity contribution in [3.8, 4) is 6.07 Å². The lowest BCUT2D eigenvalue weighted by atomic mass is 9.76. The van der Waals surface area contributed by atoms with Gasteiger partial charge in [0, 0.05) is 37.7 Å². The van der Waals surface area contributed by atoms with Gasteiger partial charge in [-0.1, -0.05) is 12.1 Å². The van der Waals surface area contributed by atoms with Crippen LogP contribution in [0.1, 0.15) is 41.6 Å². The number of hydrogen-bond donors (Lipinski definition) is 0. The van der Waals surface area contributed by atoms with E-state index >= 15 is 0 Å². The van der Waals surface area contributed by atoms with Gasteiger partial charge in [0.1, 0.15) is 6.07 Å². The number of alkyl halides is 3. The van der Waals surface area contributed by atoms with E-state index in [1.807, 2.05) is 24.3 Å². The van der Waals surface area contributed by atoms with Gasteiger partial charge in [0.05, 0.1) is 23.0 Å². The molecule has 3 aromatic rings. The number of nitriles is 1. The molecule has 1 aromatic carbocycles. The summed E-state index contributed by atoms with van der Waals surface area (Å²) in [6.07, 6.45) is 3.03. The summed E-state index contributed by atoms with van der Waals surface area (Å²) in [4.78, 5) is 13.9. The standard InChI is InChI=1S/C27H25F3N6S/c1-34(17-20-7-11-32-12-8-20)16-19-3-5-21(6-4-19)36-25(37)35(18-26(36)9-2-10-26)22-13-23(27(28,29)30)24(14-31)33-15-22/h3-8,11-13,15H,2,9-10,16-18H2,1H3. The molecule has 0 unspecified atom stereocenters. The van der Waals surface area contributed by atoms with Gasteiger partial charge >= 0.3 is 6.18 Å². The predicted molar refractivity (Wildman–Crippen MR) is 139 cm³/mol. The molecule has 1 saturated carbocycles. The topological polar surface area (TPSA) is 59.3 Å². The lowest BCUT2D eigenvalue weighted by Crippen LogP contribution is -2.52. The normalized spacial score (nSPS) is 16.8. The van der Waals surface area contributed by atoms with Crippen LogP contribution >= 0.6 is 12.2 Å². The first kappa shape index (κ1) is 25.1. The molecular formula is C27H25F3N6S. The van der Waals surface area contributed by atoms with Crippen LogP contribution in [0, 0.1) is 11.3 Å². The summed E-state index contributed by atoms with van der Waals surface area (Å²) < 4.78 is 40.7. The number of thiocarbonyl (C=S) groups is 1. The zero-order valence-electron chi connectivity index (χ0n) is 20.2. The number of anilines is 2. The van der Waals surface area contributed by atoms with Crippen LogP contribution in [0.4, 0.5) is 24.5 Å². The second-order valence-electron chi connectivity index (χ2n) is 9.68. The molecule has 2 fully saturated rings. The first-order chi connectivity index (χ1) is 17.7. The summed E-state index contributed by atoms with van der Waals surface area (Å²) in [7, 11) is 2.06. The Hall–Kier alpha value is -3.55. The summed E-state index contributed by atoms with van der Waals surface area (Å²) in [5.41, 5.74) is 1.57. The number of benzene rings is 1. The van der Waals surface area contributed by atoms with E-state index in [-0.39, 0.29) is 11.2 Å². The van der Waals surface area contributed by atoms with Gasteiger partial charge in [-0.25, -0.2) is 4.98 Å². The van der Waals surface area contributed by atoms with Gasteiger partial charge in [-0.15, -0.1) is 0 Å². The number of halogens is 3. The largest absolute Gasteiger partial charge is 0.419 e. The third kappa shape index (κ3) is 4.89. The van der Waals surface area contributed by atoms with Gasteiger partial charge < -0.3 is 9.80 Å². The second-order valence-corrected chi connectivity index (χ2v) is 10.0. The van der Waals surface area contributed by atoms with E-state index in [2.05, 4.69) is 38.9 Å². The number of hydrogen-bond acceptors (Lipinski definition) is 5. The Bertz CT molecular complexity index is 1330. The van der Waals surface area contributed by atoms with Gasteiger partial charge in [0.15, 0.2) is 10.8 Å².